The van der Waals surface area contributed by atoms with E-state index in [1.165, 1.54) is 82.1 Å². The van der Waals surface area contributed by atoms with E-state index in [1.807, 2.05) is 12.1 Å². The van der Waals surface area contributed by atoms with E-state index >= 15 is 0 Å². The molecule has 14 aromatic rings. The second kappa shape index (κ2) is 13.4. The summed E-state index contributed by atoms with van der Waals surface area (Å²) in [5, 5.41) is 9.62. The second-order valence-electron chi connectivity index (χ2n) is 16.9. The van der Waals surface area contributed by atoms with Crippen LogP contribution in [0.15, 0.2) is 229 Å². The zero-order valence-corrected chi connectivity index (χ0v) is 34.6. The molecule has 0 bridgehead atoms. The number of para-hydroxylation sites is 4. The topological polar surface area (TPSA) is 27.9 Å². The highest BCUT2D eigenvalue weighted by atomic mass is 16.3. The standard InChI is InChI=1S/C60H37N3O/c1-3-14-38(15-4-1)39-16-13-19-43(34-39)63-52-23-10-7-20-45(52)47-29-32-56-59(60(47)63)48-22-8-11-24-53(48)62(56)44-28-31-55-50(37-44)49-35-40(26-30-54(49)61(55)42-17-5-2-6-18-42)41-27-33-58-51(36-41)46-21-9-12-25-57(46)64-58/h1-37H. The fraction of sp³-hybridized carbons (Fsp3) is 0. The molecule has 4 nitrogen and oxygen atoms in total. The molecule has 0 saturated carbocycles. The summed E-state index contributed by atoms with van der Waals surface area (Å²) in [7, 11) is 0. The van der Waals surface area contributed by atoms with Gasteiger partial charge in [-0.25, -0.2) is 0 Å². The Morgan fingerprint density at radius 3 is 1.61 bits per heavy atom. The number of hydrogen-bond acceptors (Lipinski definition) is 1. The highest BCUT2D eigenvalue weighted by Crippen LogP contribution is 2.44. The van der Waals surface area contributed by atoms with Crippen LogP contribution in [-0.4, -0.2) is 13.7 Å². The minimum absolute atomic E-state index is 0.904. The van der Waals surface area contributed by atoms with Crippen LogP contribution < -0.4 is 0 Å². The van der Waals surface area contributed by atoms with Crippen molar-refractivity contribution in [2.45, 2.75) is 0 Å². The maximum absolute atomic E-state index is 6.22. The first-order valence-electron chi connectivity index (χ1n) is 21.9. The minimum Gasteiger partial charge on any atom is -0.456 e. The molecule has 14 rings (SSSR count). The van der Waals surface area contributed by atoms with Crippen molar-refractivity contribution in [3.63, 3.8) is 0 Å². The Bertz CT molecular complexity index is 4180. The van der Waals surface area contributed by atoms with Gasteiger partial charge in [-0.3, -0.25) is 0 Å². The van der Waals surface area contributed by atoms with Gasteiger partial charge in [-0.1, -0.05) is 133 Å². The maximum atomic E-state index is 6.22. The zero-order chi connectivity index (χ0) is 41.9. The Hall–Kier alpha value is -8.60. The van der Waals surface area contributed by atoms with Gasteiger partial charge >= 0.3 is 0 Å². The third-order valence-electron chi connectivity index (χ3n) is 13.4. The summed E-state index contributed by atoms with van der Waals surface area (Å²) in [5.74, 6) is 0. The average molecular weight is 816 g/mol. The van der Waals surface area contributed by atoms with Gasteiger partial charge in [-0.15, -0.1) is 0 Å². The van der Waals surface area contributed by atoms with Crippen LogP contribution in [0.3, 0.4) is 0 Å². The molecule has 0 fully saturated rings. The molecule has 4 heterocycles. The Balaban J connectivity index is 1.03. The van der Waals surface area contributed by atoms with Crippen LogP contribution in [0.5, 0.6) is 0 Å². The Morgan fingerprint density at radius 2 is 0.781 bits per heavy atom. The van der Waals surface area contributed by atoms with Gasteiger partial charge in [0.25, 0.3) is 0 Å². The van der Waals surface area contributed by atoms with Crippen molar-refractivity contribution in [1.82, 2.24) is 13.7 Å². The van der Waals surface area contributed by atoms with Crippen molar-refractivity contribution in [2.24, 2.45) is 0 Å². The molecule has 0 unspecified atom stereocenters. The SMILES string of the molecule is c1ccc(-c2cccc(-n3c4ccccc4c4ccc5c(c6ccccc6n5-c5ccc6c(c5)c5cc(-c7ccc8oc9ccccc9c8c7)ccc5n6-c5ccccc5)c43)c2)cc1. The van der Waals surface area contributed by atoms with Gasteiger partial charge in [0.15, 0.2) is 0 Å². The Morgan fingerprint density at radius 1 is 0.250 bits per heavy atom. The van der Waals surface area contributed by atoms with Gasteiger partial charge in [0.05, 0.1) is 33.1 Å². The summed E-state index contributed by atoms with van der Waals surface area (Å²) in [6.07, 6.45) is 0. The van der Waals surface area contributed by atoms with Crippen molar-refractivity contribution in [3.05, 3.63) is 224 Å². The van der Waals surface area contributed by atoms with Gasteiger partial charge in [-0.05, 0) is 113 Å². The molecule has 10 aromatic carbocycles. The lowest BCUT2D eigenvalue weighted by Crippen LogP contribution is -1.96. The number of rotatable bonds is 5. The second-order valence-corrected chi connectivity index (χ2v) is 16.9. The lowest BCUT2D eigenvalue weighted by Gasteiger charge is -2.12. The molecule has 64 heavy (non-hydrogen) atoms. The van der Waals surface area contributed by atoms with E-state index in [2.05, 4.69) is 226 Å². The van der Waals surface area contributed by atoms with Crippen molar-refractivity contribution in [1.29, 1.82) is 0 Å². The summed E-state index contributed by atoms with van der Waals surface area (Å²) in [6, 6.07) is 81.6. The van der Waals surface area contributed by atoms with Crippen molar-refractivity contribution >= 4 is 87.4 Å². The fourth-order valence-corrected chi connectivity index (χ4v) is 10.6. The third-order valence-corrected chi connectivity index (χ3v) is 13.4. The van der Waals surface area contributed by atoms with Gasteiger partial charge in [-0.2, -0.15) is 0 Å². The quantitative estimate of drug-likeness (QED) is 0.170. The first-order valence-corrected chi connectivity index (χ1v) is 21.9. The number of nitrogens with zero attached hydrogens (tertiary/aromatic N) is 3. The molecule has 0 saturated heterocycles. The van der Waals surface area contributed by atoms with Gasteiger partial charge in [0, 0.05) is 60.2 Å². The molecule has 0 radical (unpaired) electrons. The molecule has 4 heteroatoms. The van der Waals surface area contributed by atoms with E-state index in [0.717, 1.165) is 44.6 Å². The lowest BCUT2D eigenvalue weighted by molar-refractivity contribution is 0.669. The van der Waals surface area contributed by atoms with E-state index in [9.17, 15) is 0 Å². The summed E-state index contributed by atoms with van der Waals surface area (Å²) in [5.41, 5.74) is 17.0. The van der Waals surface area contributed by atoms with E-state index < -0.39 is 0 Å². The predicted molar refractivity (Wildman–Crippen MR) is 268 cm³/mol. The van der Waals surface area contributed by atoms with Gasteiger partial charge < -0.3 is 18.1 Å². The third kappa shape index (κ3) is 5.05. The Kier molecular flexibility index (Phi) is 7.36. The Labute approximate surface area is 367 Å². The molecular formula is C60H37N3O. The molecule has 298 valence electrons. The van der Waals surface area contributed by atoms with E-state index in [0.29, 0.717) is 0 Å². The zero-order valence-electron chi connectivity index (χ0n) is 34.6. The largest absolute Gasteiger partial charge is 0.456 e. The predicted octanol–water partition coefficient (Wildman–Crippen LogP) is 16.2. The summed E-state index contributed by atoms with van der Waals surface area (Å²) >= 11 is 0. The molecule has 4 aromatic heterocycles. The molecule has 0 amide bonds. The maximum Gasteiger partial charge on any atom is 0.135 e. The van der Waals surface area contributed by atoms with E-state index in [-0.39, 0.29) is 0 Å². The molecule has 0 atom stereocenters. The summed E-state index contributed by atoms with van der Waals surface area (Å²) < 4.78 is 13.6. The molecular weight excluding hydrogens is 779 g/mol. The van der Waals surface area contributed by atoms with Gasteiger partial charge in [0.1, 0.15) is 11.2 Å². The first-order chi connectivity index (χ1) is 31.7. The molecule has 0 spiro atoms. The van der Waals surface area contributed by atoms with Crippen LogP contribution in [0.1, 0.15) is 0 Å². The summed E-state index contributed by atoms with van der Waals surface area (Å²) in [6.45, 7) is 0. The number of benzene rings is 10. The number of furan rings is 1. The van der Waals surface area contributed by atoms with Crippen LogP contribution >= 0.6 is 0 Å². The van der Waals surface area contributed by atoms with Crippen LogP contribution in [0.25, 0.3) is 127 Å². The van der Waals surface area contributed by atoms with E-state index in [4.69, 9.17) is 4.42 Å². The minimum atomic E-state index is 0.904. The first kappa shape index (κ1) is 35.0. The average Bonchev–Trinajstić information content (AvgIpc) is 4.10. The monoisotopic (exact) mass is 815 g/mol. The molecule has 0 aliphatic carbocycles. The van der Waals surface area contributed by atoms with Crippen LogP contribution in [0, 0.1) is 0 Å². The van der Waals surface area contributed by atoms with Gasteiger partial charge in [0.2, 0.25) is 0 Å². The van der Waals surface area contributed by atoms with Crippen molar-refractivity contribution < 1.29 is 4.42 Å². The van der Waals surface area contributed by atoms with Crippen molar-refractivity contribution in [2.75, 3.05) is 0 Å². The number of aromatic nitrogens is 3. The van der Waals surface area contributed by atoms with E-state index in [1.54, 1.807) is 0 Å². The molecule has 0 aliphatic heterocycles. The fourth-order valence-electron chi connectivity index (χ4n) is 10.6. The number of hydrogen-bond donors (Lipinski definition) is 0. The molecule has 0 aliphatic rings. The smallest absolute Gasteiger partial charge is 0.135 e. The highest BCUT2D eigenvalue weighted by Gasteiger charge is 2.22. The van der Waals surface area contributed by atoms with Crippen LogP contribution in [0.2, 0.25) is 0 Å². The normalized spacial score (nSPS) is 12.1. The highest BCUT2D eigenvalue weighted by molar-refractivity contribution is 6.26. The van der Waals surface area contributed by atoms with Crippen LogP contribution in [-0.2, 0) is 0 Å². The number of fused-ring (bicyclic) bond motifs is 13. The molecule has 0 N–H and O–H groups in total. The lowest BCUT2D eigenvalue weighted by atomic mass is 10.0. The van der Waals surface area contributed by atoms with Crippen molar-refractivity contribution in [3.8, 4) is 39.3 Å². The van der Waals surface area contributed by atoms with Crippen LogP contribution in [0.4, 0.5) is 0 Å². The summed E-state index contributed by atoms with van der Waals surface area (Å²) in [4.78, 5) is 0.